The van der Waals surface area contributed by atoms with E-state index >= 15 is 0 Å². The Labute approximate surface area is 175 Å². The molecule has 158 valence electrons. The van der Waals surface area contributed by atoms with Crippen LogP contribution >= 0.6 is 0 Å². The van der Waals surface area contributed by atoms with E-state index < -0.39 is 24.2 Å². The fourth-order valence-electron chi connectivity index (χ4n) is 4.81. The molecule has 0 saturated heterocycles. The van der Waals surface area contributed by atoms with Crippen molar-refractivity contribution < 1.29 is 24.5 Å². The standard InChI is InChI=1S/C24H27NO5/c26-22(15-8-2-1-3-9-15)21(23(27)28)25-24(29)30-14-20-18-12-6-4-10-16(18)17-11-5-7-13-19(17)20/h4-7,10-13,15,20-22,26H,1-3,8-9,14H2,(H,25,29)(H,27,28)/t21-,22+/m1/s1. The van der Waals surface area contributed by atoms with E-state index in [1.165, 1.54) is 0 Å². The lowest BCUT2D eigenvalue weighted by atomic mass is 9.82. The van der Waals surface area contributed by atoms with Gasteiger partial charge in [0.15, 0.2) is 6.04 Å². The van der Waals surface area contributed by atoms with E-state index in [0.717, 1.165) is 54.4 Å². The fourth-order valence-corrected chi connectivity index (χ4v) is 4.81. The number of hydrogen-bond acceptors (Lipinski definition) is 4. The van der Waals surface area contributed by atoms with E-state index in [-0.39, 0.29) is 18.4 Å². The van der Waals surface area contributed by atoms with Crippen LogP contribution in [-0.2, 0) is 9.53 Å². The van der Waals surface area contributed by atoms with Crippen molar-refractivity contribution in [3.63, 3.8) is 0 Å². The third kappa shape index (κ3) is 4.05. The van der Waals surface area contributed by atoms with Crippen molar-refractivity contribution in [1.82, 2.24) is 5.32 Å². The van der Waals surface area contributed by atoms with E-state index in [4.69, 9.17) is 4.74 Å². The van der Waals surface area contributed by atoms with Crippen molar-refractivity contribution in [2.75, 3.05) is 6.61 Å². The number of amides is 1. The molecule has 0 aliphatic heterocycles. The van der Waals surface area contributed by atoms with Crippen molar-refractivity contribution >= 4 is 12.1 Å². The minimum atomic E-state index is -1.37. The van der Waals surface area contributed by atoms with Gasteiger partial charge in [-0.25, -0.2) is 9.59 Å². The number of benzene rings is 2. The first kappa shape index (κ1) is 20.4. The first-order chi connectivity index (χ1) is 14.6. The second-order valence-electron chi connectivity index (χ2n) is 8.17. The molecule has 4 rings (SSSR count). The molecule has 1 fully saturated rings. The largest absolute Gasteiger partial charge is 0.480 e. The maximum Gasteiger partial charge on any atom is 0.407 e. The number of aliphatic hydroxyl groups excluding tert-OH is 1. The monoisotopic (exact) mass is 409 g/mol. The molecule has 0 heterocycles. The van der Waals surface area contributed by atoms with Crippen LogP contribution < -0.4 is 5.32 Å². The van der Waals surface area contributed by atoms with E-state index in [0.29, 0.717) is 0 Å². The number of nitrogens with one attached hydrogen (secondary N) is 1. The highest BCUT2D eigenvalue weighted by atomic mass is 16.5. The summed E-state index contributed by atoms with van der Waals surface area (Å²) in [6, 6.07) is 14.7. The van der Waals surface area contributed by atoms with Gasteiger partial charge in [-0.15, -0.1) is 0 Å². The van der Waals surface area contributed by atoms with Crippen LogP contribution in [0.5, 0.6) is 0 Å². The third-order valence-corrected chi connectivity index (χ3v) is 6.36. The summed E-state index contributed by atoms with van der Waals surface area (Å²) in [5, 5.41) is 22.4. The predicted octanol–water partition coefficient (Wildman–Crippen LogP) is 3.92. The summed E-state index contributed by atoms with van der Waals surface area (Å²) >= 11 is 0. The van der Waals surface area contributed by atoms with Gasteiger partial charge in [0.2, 0.25) is 0 Å². The lowest BCUT2D eigenvalue weighted by Crippen LogP contribution is -2.52. The van der Waals surface area contributed by atoms with Crippen LogP contribution in [0.4, 0.5) is 4.79 Å². The number of carbonyl (C=O) groups is 2. The number of aliphatic hydroxyl groups is 1. The summed E-state index contributed by atoms with van der Waals surface area (Å²) in [7, 11) is 0. The Bertz CT molecular complexity index is 876. The molecule has 6 nitrogen and oxygen atoms in total. The molecular weight excluding hydrogens is 382 g/mol. The van der Waals surface area contributed by atoms with Crippen LogP contribution in [-0.4, -0.2) is 41.0 Å². The Morgan fingerprint density at radius 1 is 0.967 bits per heavy atom. The summed E-state index contributed by atoms with van der Waals surface area (Å²) < 4.78 is 5.43. The number of ether oxygens (including phenoxy) is 1. The highest BCUT2D eigenvalue weighted by Gasteiger charge is 2.35. The van der Waals surface area contributed by atoms with E-state index in [9.17, 15) is 19.8 Å². The summed E-state index contributed by atoms with van der Waals surface area (Å²) in [6.07, 6.45) is 2.65. The minimum absolute atomic E-state index is 0.102. The van der Waals surface area contributed by atoms with Gasteiger partial charge in [-0.1, -0.05) is 67.8 Å². The summed E-state index contributed by atoms with van der Waals surface area (Å²) in [4.78, 5) is 24.1. The number of hydrogen-bond donors (Lipinski definition) is 3. The number of fused-ring (bicyclic) bond motifs is 3. The van der Waals surface area contributed by atoms with Gasteiger partial charge in [0, 0.05) is 5.92 Å². The fraction of sp³-hybridized carbons (Fsp3) is 0.417. The molecule has 2 atom stereocenters. The first-order valence-corrected chi connectivity index (χ1v) is 10.6. The van der Waals surface area contributed by atoms with Crippen molar-refractivity contribution in [2.24, 2.45) is 5.92 Å². The highest BCUT2D eigenvalue weighted by molar-refractivity contribution is 5.81. The van der Waals surface area contributed by atoms with Gasteiger partial charge in [-0.3, -0.25) is 0 Å². The molecule has 2 aromatic carbocycles. The molecule has 2 aromatic rings. The van der Waals surface area contributed by atoms with Crippen molar-refractivity contribution in [3.05, 3.63) is 59.7 Å². The molecular formula is C24H27NO5. The summed E-state index contributed by atoms with van der Waals surface area (Å²) in [5.74, 6) is -1.47. The van der Waals surface area contributed by atoms with Gasteiger partial charge in [-0.05, 0) is 41.0 Å². The Morgan fingerprint density at radius 3 is 2.10 bits per heavy atom. The smallest absolute Gasteiger partial charge is 0.407 e. The molecule has 1 amide bonds. The van der Waals surface area contributed by atoms with Gasteiger partial charge in [0.25, 0.3) is 0 Å². The molecule has 0 radical (unpaired) electrons. The molecule has 0 aromatic heterocycles. The SMILES string of the molecule is O=C(N[C@@H](C(=O)O)[C@@H](O)C1CCCCC1)OCC1c2ccccc2-c2ccccc21. The van der Waals surface area contributed by atoms with Crippen LogP contribution in [0, 0.1) is 5.92 Å². The van der Waals surface area contributed by atoms with Gasteiger partial charge in [-0.2, -0.15) is 0 Å². The van der Waals surface area contributed by atoms with Crippen molar-refractivity contribution in [3.8, 4) is 11.1 Å². The maximum atomic E-state index is 12.4. The Morgan fingerprint density at radius 2 is 1.53 bits per heavy atom. The maximum absolute atomic E-state index is 12.4. The Kier molecular flexibility index (Phi) is 6.04. The van der Waals surface area contributed by atoms with Gasteiger partial charge in [0.1, 0.15) is 6.61 Å². The molecule has 0 unspecified atom stereocenters. The van der Waals surface area contributed by atoms with E-state index in [1.807, 2.05) is 36.4 Å². The van der Waals surface area contributed by atoms with Crippen molar-refractivity contribution in [1.29, 1.82) is 0 Å². The highest BCUT2D eigenvalue weighted by Crippen LogP contribution is 2.44. The molecule has 2 aliphatic rings. The molecule has 1 saturated carbocycles. The van der Waals surface area contributed by atoms with Crippen LogP contribution in [0.2, 0.25) is 0 Å². The zero-order chi connectivity index (χ0) is 21.1. The van der Waals surface area contributed by atoms with Crippen LogP contribution in [0.1, 0.15) is 49.1 Å². The van der Waals surface area contributed by atoms with Crippen LogP contribution in [0.15, 0.2) is 48.5 Å². The second-order valence-corrected chi connectivity index (χ2v) is 8.17. The van der Waals surface area contributed by atoms with Crippen LogP contribution in [0.25, 0.3) is 11.1 Å². The summed E-state index contributed by atoms with van der Waals surface area (Å²) in [5.41, 5.74) is 4.42. The molecule has 2 aliphatic carbocycles. The van der Waals surface area contributed by atoms with E-state index in [1.54, 1.807) is 0 Å². The zero-order valence-electron chi connectivity index (χ0n) is 16.8. The molecule has 0 spiro atoms. The van der Waals surface area contributed by atoms with Gasteiger partial charge < -0.3 is 20.3 Å². The molecule has 3 N–H and O–H groups in total. The van der Waals surface area contributed by atoms with Crippen molar-refractivity contribution in [2.45, 2.75) is 50.2 Å². The Hall–Kier alpha value is -2.86. The topological polar surface area (TPSA) is 95.9 Å². The van der Waals surface area contributed by atoms with Crippen LogP contribution in [0.3, 0.4) is 0 Å². The average Bonchev–Trinajstić information content (AvgIpc) is 3.10. The number of rotatable bonds is 6. The minimum Gasteiger partial charge on any atom is -0.480 e. The average molecular weight is 409 g/mol. The van der Waals surface area contributed by atoms with E-state index in [2.05, 4.69) is 17.4 Å². The third-order valence-electron chi connectivity index (χ3n) is 6.36. The normalized spacial score (nSPS) is 18.2. The molecule has 6 heteroatoms. The lowest BCUT2D eigenvalue weighted by Gasteiger charge is -2.30. The second kappa shape index (κ2) is 8.88. The lowest BCUT2D eigenvalue weighted by molar-refractivity contribution is -0.143. The van der Waals surface area contributed by atoms with Gasteiger partial charge in [0.05, 0.1) is 6.10 Å². The number of alkyl carbamates (subject to hydrolysis) is 1. The zero-order valence-corrected chi connectivity index (χ0v) is 16.8. The Balaban J connectivity index is 1.42. The van der Waals surface area contributed by atoms with Gasteiger partial charge >= 0.3 is 12.1 Å². The predicted molar refractivity (Wildman–Crippen MR) is 112 cm³/mol. The number of carboxylic acid groups (broad SMARTS) is 1. The molecule has 30 heavy (non-hydrogen) atoms. The first-order valence-electron chi connectivity index (χ1n) is 10.6. The quantitative estimate of drug-likeness (QED) is 0.672. The number of aliphatic carboxylic acids is 1. The number of carbonyl (C=O) groups excluding carboxylic acids is 1. The molecule has 0 bridgehead atoms. The number of carboxylic acids is 1. The summed E-state index contributed by atoms with van der Waals surface area (Å²) in [6.45, 7) is 0.103.